The number of carbonyl (C=O) groups is 1. The maximum atomic E-state index is 12.7. The average molecular weight is 389 g/mol. The van der Waals surface area contributed by atoms with Crippen molar-refractivity contribution < 1.29 is 19.7 Å². The van der Waals surface area contributed by atoms with Crippen LogP contribution in [0.2, 0.25) is 0 Å². The van der Waals surface area contributed by atoms with E-state index in [1.807, 2.05) is 84.9 Å². The van der Waals surface area contributed by atoms with E-state index in [4.69, 9.17) is 4.74 Å². The Kier molecular flexibility index (Phi) is 5.60. The number of aliphatic hydroxyl groups is 2. The minimum atomic E-state index is -1.10. The molecule has 0 saturated carbocycles. The molecule has 0 spiro atoms. The third-order valence-corrected chi connectivity index (χ3v) is 5.25. The molecule has 148 valence electrons. The van der Waals surface area contributed by atoms with E-state index in [-0.39, 0.29) is 11.9 Å². The third kappa shape index (κ3) is 3.88. The van der Waals surface area contributed by atoms with Gasteiger partial charge in [0, 0.05) is 5.69 Å². The van der Waals surface area contributed by atoms with Crippen molar-refractivity contribution in [3.05, 3.63) is 96.1 Å². The van der Waals surface area contributed by atoms with E-state index < -0.39 is 18.6 Å². The number of hydrogen-bond donors (Lipinski definition) is 2. The first-order valence-corrected chi connectivity index (χ1v) is 9.63. The molecule has 3 aromatic rings. The lowest BCUT2D eigenvalue weighted by atomic mass is 9.78. The van der Waals surface area contributed by atoms with Crippen LogP contribution in [0.1, 0.15) is 17.2 Å². The fourth-order valence-corrected chi connectivity index (χ4v) is 3.73. The Labute approximate surface area is 169 Å². The molecule has 0 bridgehead atoms. The van der Waals surface area contributed by atoms with Gasteiger partial charge in [-0.2, -0.15) is 0 Å². The summed E-state index contributed by atoms with van der Waals surface area (Å²) in [6.07, 6.45) is -1.10. The number of ether oxygens (including phenoxy) is 1. The van der Waals surface area contributed by atoms with Crippen molar-refractivity contribution in [1.29, 1.82) is 0 Å². The Morgan fingerprint density at radius 3 is 2.14 bits per heavy atom. The Morgan fingerprint density at radius 2 is 1.52 bits per heavy atom. The van der Waals surface area contributed by atoms with Crippen molar-refractivity contribution in [3.8, 4) is 5.75 Å². The summed E-state index contributed by atoms with van der Waals surface area (Å²) in [6, 6.07) is 26.5. The van der Waals surface area contributed by atoms with E-state index in [2.05, 4.69) is 0 Å². The Balaban J connectivity index is 1.54. The number of anilines is 1. The van der Waals surface area contributed by atoms with Gasteiger partial charge in [0.1, 0.15) is 12.4 Å². The Bertz CT molecular complexity index is 944. The zero-order valence-corrected chi connectivity index (χ0v) is 15.9. The normalized spacial score (nSPS) is 19.5. The zero-order chi connectivity index (χ0) is 20.2. The second kappa shape index (κ2) is 8.47. The van der Waals surface area contributed by atoms with E-state index in [0.717, 1.165) is 22.6 Å². The molecule has 1 heterocycles. The lowest BCUT2D eigenvalue weighted by Crippen LogP contribution is -2.60. The first kappa shape index (κ1) is 19.2. The summed E-state index contributed by atoms with van der Waals surface area (Å²) in [5.74, 6) is -0.128. The minimum absolute atomic E-state index is 0.188. The molecule has 0 aliphatic carbocycles. The van der Waals surface area contributed by atoms with Crippen LogP contribution in [0.5, 0.6) is 5.75 Å². The molecule has 3 atom stereocenters. The molecule has 1 aliphatic rings. The lowest BCUT2D eigenvalue weighted by molar-refractivity contribution is -0.137. The van der Waals surface area contributed by atoms with Gasteiger partial charge in [0.05, 0.1) is 24.7 Å². The molecule has 0 unspecified atom stereocenters. The SMILES string of the molecule is O=C1[C@H]([C@H](O)CO)[C@@H](c2ccc(OCc3ccccc3)cc2)N1c1ccccc1. The molecule has 1 saturated heterocycles. The van der Waals surface area contributed by atoms with Crippen molar-refractivity contribution in [1.82, 2.24) is 0 Å². The van der Waals surface area contributed by atoms with Gasteiger partial charge in [-0.3, -0.25) is 4.79 Å². The summed E-state index contributed by atoms with van der Waals surface area (Å²) in [4.78, 5) is 14.4. The number of nitrogens with zero attached hydrogens (tertiary/aromatic N) is 1. The fourth-order valence-electron chi connectivity index (χ4n) is 3.73. The number of β-lactam (4-membered cyclic amide) rings is 1. The number of aliphatic hydroxyl groups excluding tert-OH is 2. The Hall–Kier alpha value is -3.15. The number of para-hydroxylation sites is 1. The number of amides is 1. The second-order valence-corrected chi connectivity index (χ2v) is 7.11. The van der Waals surface area contributed by atoms with Crippen LogP contribution in [0, 0.1) is 5.92 Å². The monoisotopic (exact) mass is 389 g/mol. The Morgan fingerprint density at radius 1 is 0.897 bits per heavy atom. The van der Waals surface area contributed by atoms with E-state index in [1.54, 1.807) is 4.90 Å². The van der Waals surface area contributed by atoms with Crippen LogP contribution in [-0.4, -0.2) is 28.8 Å². The molecule has 5 nitrogen and oxygen atoms in total. The predicted molar refractivity (Wildman–Crippen MR) is 110 cm³/mol. The van der Waals surface area contributed by atoms with Crippen LogP contribution in [-0.2, 0) is 11.4 Å². The molecule has 1 aliphatic heterocycles. The van der Waals surface area contributed by atoms with Gasteiger partial charge in [-0.05, 0) is 35.4 Å². The summed E-state index contributed by atoms with van der Waals surface area (Å²) < 4.78 is 5.84. The van der Waals surface area contributed by atoms with E-state index in [1.165, 1.54) is 0 Å². The number of rotatable bonds is 7. The van der Waals surface area contributed by atoms with Crippen molar-refractivity contribution in [2.75, 3.05) is 11.5 Å². The first-order chi connectivity index (χ1) is 14.2. The quantitative estimate of drug-likeness (QED) is 0.608. The number of hydrogen-bond acceptors (Lipinski definition) is 4. The van der Waals surface area contributed by atoms with E-state index in [0.29, 0.717) is 6.61 Å². The maximum absolute atomic E-state index is 12.7. The van der Waals surface area contributed by atoms with Gasteiger partial charge in [-0.15, -0.1) is 0 Å². The van der Waals surface area contributed by atoms with Crippen molar-refractivity contribution in [3.63, 3.8) is 0 Å². The van der Waals surface area contributed by atoms with Gasteiger partial charge in [-0.25, -0.2) is 0 Å². The number of carbonyl (C=O) groups excluding carboxylic acids is 1. The van der Waals surface area contributed by atoms with Crippen LogP contribution in [0.15, 0.2) is 84.9 Å². The van der Waals surface area contributed by atoms with Crippen LogP contribution < -0.4 is 9.64 Å². The van der Waals surface area contributed by atoms with Gasteiger partial charge in [-0.1, -0.05) is 60.7 Å². The summed E-state index contributed by atoms with van der Waals surface area (Å²) in [5.41, 5.74) is 2.74. The third-order valence-electron chi connectivity index (χ3n) is 5.25. The summed E-state index contributed by atoms with van der Waals surface area (Å²) in [5, 5.41) is 19.6. The van der Waals surface area contributed by atoms with Gasteiger partial charge in [0.2, 0.25) is 5.91 Å². The molecule has 5 heteroatoms. The predicted octanol–water partition coefficient (Wildman–Crippen LogP) is 3.32. The minimum Gasteiger partial charge on any atom is -0.489 e. The largest absolute Gasteiger partial charge is 0.489 e. The van der Waals surface area contributed by atoms with Crippen LogP contribution in [0.4, 0.5) is 5.69 Å². The summed E-state index contributed by atoms with van der Waals surface area (Å²) in [6.45, 7) is 0.0257. The molecule has 0 radical (unpaired) electrons. The molecule has 0 aromatic heterocycles. The van der Waals surface area contributed by atoms with Gasteiger partial charge < -0.3 is 19.8 Å². The highest BCUT2D eigenvalue weighted by Gasteiger charge is 2.52. The van der Waals surface area contributed by atoms with Crippen molar-refractivity contribution in [2.24, 2.45) is 5.92 Å². The second-order valence-electron chi connectivity index (χ2n) is 7.11. The highest BCUT2D eigenvalue weighted by atomic mass is 16.5. The lowest BCUT2D eigenvalue weighted by Gasteiger charge is -2.49. The standard InChI is InChI=1S/C24H23NO4/c26-15-21(27)22-23(25(24(22)28)19-9-5-2-6-10-19)18-11-13-20(14-12-18)29-16-17-7-3-1-4-8-17/h1-14,21-23,26-27H,15-16H2/t21-,22-,23-/m1/s1. The first-order valence-electron chi connectivity index (χ1n) is 9.63. The van der Waals surface area contributed by atoms with Crippen molar-refractivity contribution in [2.45, 2.75) is 18.8 Å². The summed E-state index contributed by atoms with van der Waals surface area (Å²) in [7, 11) is 0. The van der Waals surface area contributed by atoms with Crippen molar-refractivity contribution >= 4 is 11.6 Å². The molecule has 4 rings (SSSR count). The smallest absolute Gasteiger partial charge is 0.235 e. The molecule has 3 aromatic carbocycles. The molecule has 2 N–H and O–H groups in total. The average Bonchev–Trinajstić information content (AvgIpc) is 2.78. The van der Waals surface area contributed by atoms with E-state index in [9.17, 15) is 15.0 Å². The zero-order valence-electron chi connectivity index (χ0n) is 15.9. The molecule has 1 fully saturated rings. The van der Waals surface area contributed by atoms with Gasteiger partial charge >= 0.3 is 0 Å². The highest BCUT2D eigenvalue weighted by molar-refractivity contribution is 6.03. The number of benzene rings is 3. The molecular formula is C24H23NO4. The van der Waals surface area contributed by atoms with Crippen LogP contribution in [0.3, 0.4) is 0 Å². The topological polar surface area (TPSA) is 70.0 Å². The highest BCUT2D eigenvalue weighted by Crippen LogP contribution is 2.45. The molecule has 29 heavy (non-hydrogen) atoms. The van der Waals surface area contributed by atoms with Crippen LogP contribution in [0.25, 0.3) is 0 Å². The maximum Gasteiger partial charge on any atom is 0.235 e. The van der Waals surface area contributed by atoms with E-state index >= 15 is 0 Å². The van der Waals surface area contributed by atoms with Gasteiger partial charge in [0.25, 0.3) is 0 Å². The van der Waals surface area contributed by atoms with Gasteiger partial charge in [0.15, 0.2) is 0 Å². The van der Waals surface area contributed by atoms with Crippen LogP contribution >= 0.6 is 0 Å². The molecule has 1 amide bonds. The molecular weight excluding hydrogens is 366 g/mol. The fraction of sp³-hybridized carbons (Fsp3) is 0.208. The summed E-state index contributed by atoms with van der Waals surface area (Å²) >= 11 is 0.